The second kappa shape index (κ2) is 7.46. The minimum Gasteiger partial charge on any atom is -0.492 e. The van der Waals surface area contributed by atoms with Gasteiger partial charge in [0.05, 0.1) is 7.11 Å². The summed E-state index contributed by atoms with van der Waals surface area (Å²) in [5.41, 5.74) is 2.34. The standard InChI is InChI=1S/C17H25NO3/c1-13-7-8-14(2)16(12-13)21-11-10-18-9-5-4-6-15(18)17(19)20-3/h7-8,12,15H,4-6,9-11H2,1-3H3. The van der Waals surface area contributed by atoms with Crippen LogP contribution in [0, 0.1) is 13.8 Å². The Balaban J connectivity index is 1.89. The van der Waals surface area contributed by atoms with Crippen LogP contribution in [0.25, 0.3) is 0 Å². The first-order valence-corrected chi connectivity index (χ1v) is 7.63. The summed E-state index contributed by atoms with van der Waals surface area (Å²) in [6.45, 7) is 6.40. The molecule has 0 amide bonds. The zero-order valence-electron chi connectivity index (χ0n) is 13.2. The van der Waals surface area contributed by atoms with E-state index in [1.165, 1.54) is 12.7 Å². The summed E-state index contributed by atoms with van der Waals surface area (Å²) in [7, 11) is 1.46. The molecule has 1 aliphatic heterocycles. The lowest BCUT2D eigenvalue weighted by Gasteiger charge is -2.33. The molecule has 1 aromatic rings. The fourth-order valence-corrected chi connectivity index (χ4v) is 2.80. The largest absolute Gasteiger partial charge is 0.492 e. The summed E-state index contributed by atoms with van der Waals surface area (Å²) in [5, 5.41) is 0. The summed E-state index contributed by atoms with van der Waals surface area (Å²) >= 11 is 0. The number of carbonyl (C=O) groups excluding carboxylic acids is 1. The van der Waals surface area contributed by atoms with Gasteiger partial charge in [-0.2, -0.15) is 0 Å². The van der Waals surface area contributed by atoms with Crippen LogP contribution in [0.15, 0.2) is 18.2 Å². The molecule has 0 aromatic heterocycles. The topological polar surface area (TPSA) is 38.8 Å². The SMILES string of the molecule is COC(=O)C1CCCCN1CCOc1cc(C)ccc1C. The van der Waals surface area contributed by atoms with Crippen molar-refractivity contribution in [1.82, 2.24) is 4.90 Å². The number of ether oxygens (including phenoxy) is 2. The molecular formula is C17H25NO3. The zero-order valence-corrected chi connectivity index (χ0v) is 13.2. The summed E-state index contributed by atoms with van der Waals surface area (Å²) in [4.78, 5) is 14.0. The van der Waals surface area contributed by atoms with Gasteiger partial charge in [0.25, 0.3) is 0 Å². The minimum atomic E-state index is -0.124. The number of likely N-dealkylation sites (tertiary alicyclic amines) is 1. The van der Waals surface area contributed by atoms with Crippen molar-refractivity contribution in [3.8, 4) is 5.75 Å². The average molecular weight is 291 g/mol. The van der Waals surface area contributed by atoms with Crippen molar-refractivity contribution in [1.29, 1.82) is 0 Å². The molecular weight excluding hydrogens is 266 g/mol. The Morgan fingerprint density at radius 1 is 1.33 bits per heavy atom. The van der Waals surface area contributed by atoms with Gasteiger partial charge >= 0.3 is 5.97 Å². The molecule has 1 fully saturated rings. The van der Waals surface area contributed by atoms with Crippen molar-refractivity contribution >= 4 is 5.97 Å². The van der Waals surface area contributed by atoms with E-state index in [0.717, 1.165) is 43.7 Å². The Hall–Kier alpha value is -1.55. The first-order chi connectivity index (χ1) is 10.1. The highest BCUT2D eigenvalue weighted by molar-refractivity contribution is 5.75. The number of piperidine rings is 1. The first kappa shape index (κ1) is 15.8. The van der Waals surface area contributed by atoms with Gasteiger partial charge in [-0.15, -0.1) is 0 Å². The van der Waals surface area contributed by atoms with Crippen molar-refractivity contribution in [2.24, 2.45) is 0 Å². The lowest BCUT2D eigenvalue weighted by atomic mass is 10.0. The third-order valence-electron chi connectivity index (χ3n) is 4.07. The van der Waals surface area contributed by atoms with Crippen molar-refractivity contribution in [2.45, 2.75) is 39.2 Å². The molecule has 4 heteroatoms. The molecule has 21 heavy (non-hydrogen) atoms. The van der Waals surface area contributed by atoms with Gasteiger partial charge in [-0.1, -0.05) is 18.6 Å². The van der Waals surface area contributed by atoms with Crippen molar-refractivity contribution < 1.29 is 14.3 Å². The van der Waals surface area contributed by atoms with E-state index in [0.29, 0.717) is 6.61 Å². The molecule has 1 aromatic carbocycles. The van der Waals surface area contributed by atoms with E-state index in [1.54, 1.807) is 0 Å². The minimum absolute atomic E-state index is 0.106. The number of hydrogen-bond acceptors (Lipinski definition) is 4. The van der Waals surface area contributed by atoms with Crippen LogP contribution in [0.2, 0.25) is 0 Å². The van der Waals surface area contributed by atoms with Crippen molar-refractivity contribution in [3.63, 3.8) is 0 Å². The summed E-state index contributed by atoms with van der Waals surface area (Å²) in [6.07, 6.45) is 3.11. The van der Waals surface area contributed by atoms with Crippen molar-refractivity contribution in [2.75, 3.05) is 26.8 Å². The van der Waals surface area contributed by atoms with E-state index in [-0.39, 0.29) is 12.0 Å². The fraction of sp³-hybridized carbons (Fsp3) is 0.588. The van der Waals surface area contributed by atoms with Crippen LogP contribution in [-0.4, -0.2) is 43.7 Å². The quantitative estimate of drug-likeness (QED) is 0.782. The average Bonchev–Trinajstić information content (AvgIpc) is 2.50. The highest BCUT2D eigenvalue weighted by Crippen LogP contribution is 2.20. The zero-order chi connectivity index (χ0) is 15.2. The predicted octanol–water partition coefficient (Wildman–Crippen LogP) is 2.71. The molecule has 4 nitrogen and oxygen atoms in total. The highest BCUT2D eigenvalue weighted by atomic mass is 16.5. The van der Waals surface area contributed by atoms with Gasteiger partial charge in [-0.05, 0) is 50.4 Å². The molecule has 1 unspecified atom stereocenters. The van der Waals surface area contributed by atoms with E-state index < -0.39 is 0 Å². The fourth-order valence-electron chi connectivity index (χ4n) is 2.80. The Kier molecular flexibility index (Phi) is 5.62. The third-order valence-corrected chi connectivity index (χ3v) is 4.07. The lowest BCUT2D eigenvalue weighted by Crippen LogP contribution is -2.46. The summed E-state index contributed by atoms with van der Waals surface area (Å²) in [6, 6.07) is 6.11. The van der Waals surface area contributed by atoms with E-state index in [9.17, 15) is 4.79 Å². The maximum absolute atomic E-state index is 11.8. The molecule has 0 radical (unpaired) electrons. The van der Waals surface area contributed by atoms with Crippen LogP contribution >= 0.6 is 0 Å². The van der Waals surface area contributed by atoms with Crippen LogP contribution in [0.5, 0.6) is 5.75 Å². The maximum Gasteiger partial charge on any atom is 0.323 e. The van der Waals surface area contributed by atoms with Gasteiger partial charge in [0.1, 0.15) is 18.4 Å². The van der Waals surface area contributed by atoms with Crippen LogP contribution in [0.3, 0.4) is 0 Å². The van der Waals surface area contributed by atoms with E-state index >= 15 is 0 Å². The number of aryl methyl sites for hydroxylation is 2. The second-order valence-electron chi connectivity index (χ2n) is 5.69. The Labute approximate surface area is 127 Å². The monoisotopic (exact) mass is 291 g/mol. The molecule has 1 saturated heterocycles. The van der Waals surface area contributed by atoms with Gasteiger partial charge in [-0.3, -0.25) is 9.69 Å². The molecule has 0 bridgehead atoms. The Bertz CT molecular complexity index is 487. The first-order valence-electron chi connectivity index (χ1n) is 7.63. The second-order valence-corrected chi connectivity index (χ2v) is 5.69. The number of methoxy groups -OCH3 is 1. The summed E-state index contributed by atoms with van der Waals surface area (Å²) < 4.78 is 10.8. The molecule has 1 heterocycles. The number of rotatable bonds is 5. The van der Waals surface area contributed by atoms with Gasteiger partial charge in [0, 0.05) is 6.54 Å². The number of benzene rings is 1. The number of carbonyl (C=O) groups is 1. The Morgan fingerprint density at radius 3 is 2.90 bits per heavy atom. The predicted molar refractivity (Wildman–Crippen MR) is 82.6 cm³/mol. The van der Waals surface area contributed by atoms with Gasteiger partial charge in [0.2, 0.25) is 0 Å². The molecule has 0 aliphatic carbocycles. The summed E-state index contributed by atoms with van der Waals surface area (Å²) in [5.74, 6) is 0.808. The third kappa shape index (κ3) is 4.21. The molecule has 1 aliphatic rings. The van der Waals surface area contributed by atoms with Gasteiger partial charge in [-0.25, -0.2) is 0 Å². The number of esters is 1. The molecule has 0 spiro atoms. The lowest BCUT2D eigenvalue weighted by molar-refractivity contribution is -0.148. The van der Waals surface area contributed by atoms with Gasteiger partial charge < -0.3 is 9.47 Å². The van der Waals surface area contributed by atoms with Crippen LogP contribution in [-0.2, 0) is 9.53 Å². The van der Waals surface area contributed by atoms with Gasteiger partial charge in [0.15, 0.2) is 0 Å². The smallest absolute Gasteiger partial charge is 0.323 e. The van der Waals surface area contributed by atoms with Crippen molar-refractivity contribution in [3.05, 3.63) is 29.3 Å². The number of hydrogen-bond donors (Lipinski definition) is 0. The van der Waals surface area contributed by atoms with E-state index in [2.05, 4.69) is 30.0 Å². The maximum atomic E-state index is 11.8. The Morgan fingerprint density at radius 2 is 2.14 bits per heavy atom. The number of nitrogens with zero attached hydrogens (tertiary/aromatic N) is 1. The van der Waals surface area contributed by atoms with E-state index in [4.69, 9.17) is 9.47 Å². The highest BCUT2D eigenvalue weighted by Gasteiger charge is 2.29. The molecule has 0 saturated carbocycles. The van der Waals surface area contributed by atoms with Crippen LogP contribution < -0.4 is 4.74 Å². The molecule has 2 rings (SSSR count). The molecule has 0 N–H and O–H groups in total. The van der Waals surface area contributed by atoms with Crippen LogP contribution in [0.4, 0.5) is 0 Å². The molecule has 1 atom stereocenters. The van der Waals surface area contributed by atoms with Crippen LogP contribution in [0.1, 0.15) is 30.4 Å². The van der Waals surface area contributed by atoms with E-state index in [1.807, 2.05) is 6.92 Å². The normalized spacial score (nSPS) is 19.3. The molecule has 116 valence electrons.